The van der Waals surface area contributed by atoms with Crippen LogP contribution < -0.4 is 4.90 Å². The molecule has 1 aromatic heterocycles. The summed E-state index contributed by atoms with van der Waals surface area (Å²) in [5, 5.41) is 8.86. The second-order valence-corrected chi connectivity index (χ2v) is 4.79. The fourth-order valence-corrected chi connectivity index (χ4v) is 2.39. The second kappa shape index (κ2) is 6.66. The van der Waals surface area contributed by atoms with Crippen LogP contribution >= 0.6 is 0 Å². The molecule has 2 rings (SSSR count). The molecule has 0 unspecified atom stereocenters. The summed E-state index contributed by atoms with van der Waals surface area (Å²) in [4.78, 5) is 13.3. The van der Waals surface area contributed by atoms with Crippen molar-refractivity contribution in [1.82, 2.24) is 14.9 Å². The number of rotatable bonds is 5. The molecule has 1 N–H and O–H groups in total. The molecule has 0 saturated carbocycles. The molecule has 0 aliphatic carbocycles. The predicted molar refractivity (Wildman–Crippen MR) is 71.6 cm³/mol. The van der Waals surface area contributed by atoms with Gasteiger partial charge in [-0.15, -0.1) is 0 Å². The summed E-state index contributed by atoms with van der Waals surface area (Å²) in [5.41, 5.74) is 0. The normalized spacial score (nSPS) is 18.9. The molecule has 18 heavy (non-hydrogen) atoms. The number of hydrogen-bond acceptors (Lipinski definition) is 5. The van der Waals surface area contributed by atoms with Crippen molar-refractivity contribution in [3.8, 4) is 0 Å². The van der Waals surface area contributed by atoms with Gasteiger partial charge in [0.15, 0.2) is 0 Å². The van der Waals surface area contributed by atoms with Crippen molar-refractivity contribution in [2.75, 3.05) is 37.7 Å². The summed E-state index contributed by atoms with van der Waals surface area (Å²) in [6, 6.07) is 2.40. The minimum Gasteiger partial charge on any atom is -0.396 e. The Kier molecular flexibility index (Phi) is 4.90. The monoisotopic (exact) mass is 250 g/mol. The highest BCUT2D eigenvalue weighted by atomic mass is 16.2. The topological polar surface area (TPSA) is 52.5 Å². The van der Waals surface area contributed by atoms with Gasteiger partial charge in [-0.05, 0) is 25.8 Å². The van der Waals surface area contributed by atoms with Crippen LogP contribution in [0.3, 0.4) is 0 Å². The van der Waals surface area contributed by atoms with Crippen molar-refractivity contribution >= 4 is 5.95 Å². The van der Waals surface area contributed by atoms with Crippen molar-refractivity contribution in [2.24, 2.45) is 0 Å². The van der Waals surface area contributed by atoms with Gasteiger partial charge in [-0.3, -0.25) is 4.90 Å². The summed E-state index contributed by atoms with van der Waals surface area (Å²) in [7, 11) is 0. The minimum absolute atomic E-state index is 0.294. The molecule has 0 bridgehead atoms. The molecule has 1 aromatic rings. The zero-order valence-corrected chi connectivity index (χ0v) is 11.0. The largest absolute Gasteiger partial charge is 0.396 e. The molecule has 1 aliphatic rings. The summed E-state index contributed by atoms with van der Waals surface area (Å²) >= 11 is 0. The van der Waals surface area contributed by atoms with E-state index in [4.69, 9.17) is 5.11 Å². The third kappa shape index (κ3) is 3.40. The number of aromatic nitrogens is 2. The Morgan fingerprint density at radius 1 is 1.22 bits per heavy atom. The van der Waals surface area contributed by atoms with Crippen LogP contribution in [0.5, 0.6) is 0 Å². The van der Waals surface area contributed by atoms with Crippen molar-refractivity contribution in [3.05, 3.63) is 18.5 Å². The molecule has 0 spiro atoms. The molecule has 1 fully saturated rings. The summed E-state index contributed by atoms with van der Waals surface area (Å²) in [5.74, 6) is 0.833. The van der Waals surface area contributed by atoms with E-state index in [1.165, 1.54) is 0 Å². The van der Waals surface area contributed by atoms with E-state index < -0.39 is 0 Å². The van der Waals surface area contributed by atoms with E-state index in [9.17, 15) is 0 Å². The van der Waals surface area contributed by atoms with Crippen LogP contribution in [0.25, 0.3) is 0 Å². The van der Waals surface area contributed by atoms with Crippen molar-refractivity contribution in [3.63, 3.8) is 0 Å². The highest BCUT2D eigenvalue weighted by Crippen LogP contribution is 2.13. The van der Waals surface area contributed by atoms with Crippen LogP contribution in [0.15, 0.2) is 18.5 Å². The van der Waals surface area contributed by atoms with Crippen LogP contribution in [0.1, 0.15) is 19.8 Å². The molecule has 1 aliphatic heterocycles. The second-order valence-electron chi connectivity index (χ2n) is 4.79. The van der Waals surface area contributed by atoms with E-state index in [1.807, 2.05) is 6.07 Å². The number of piperazine rings is 1. The molecule has 1 saturated heterocycles. The molecule has 5 nitrogen and oxygen atoms in total. The van der Waals surface area contributed by atoms with Gasteiger partial charge in [-0.1, -0.05) is 0 Å². The molecule has 0 amide bonds. The third-order valence-corrected chi connectivity index (χ3v) is 3.55. The Balaban J connectivity index is 1.81. The molecule has 2 heterocycles. The van der Waals surface area contributed by atoms with Crippen molar-refractivity contribution in [1.29, 1.82) is 0 Å². The van der Waals surface area contributed by atoms with Gasteiger partial charge < -0.3 is 10.0 Å². The average Bonchev–Trinajstić information content (AvgIpc) is 2.46. The van der Waals surface area contributed by atoms with Crippen LogP contribution in [-0.2, 0) is 0 Å². The first kappa shape index (κ1) is 13.2. The Labute approximate surface area is 108 Å². The lowest BCUT2D eigenvalue weighted by Gasteiger charge is -2.38. The molecule has 1 atom stereocenters. The van der Waals surface area contributed by atoms with Gasteiger partial charge in [0.25, 0.3) is 0 Å². The highest BCUT2D eigenvalue weighted by molar-refractivity contribution is 5.29. The highest BCUT2D eigenvalue weighted by Gasteiger charge is 2.21. The van der Waals surface area contributed by atoms with Crippen LogP contribution in [0.4, 0.5) is 5.95 Å². The van der Waals surface area contributed by atoms with Gasteiger partial charge >= 0.3 is 0 Å². The lowest BCUT2D eigenvalue weighted by molar-refractivity contribution is 0.174. The zero-order chi connectivity index (χ0) is 12.8. The first-order valence-corrected chi connectivity index (χ1v) is 6.68. The van der Waals surface area contributed by atoms with Gasteiger partial charge in [0.05, 0.1) is 0 Å². The van der Waals surface area contributed by atoms with Gasteiger partial charge in [0.1, 0.15) is 0 Å². The lowest BCUT2D eigenvalue weighted by atomic mass is 10.1. The van der Waals surface area contributed by atoms with E-state index in [0.29, 0.717) is 12.6 Å². The maximum atomic E-state index is 8.86. The molecule has 0 radical (unpaired) electrons. The summed E-state index contributed by atoms with van der Waals surface area (Å²) in [6.07, 6.45) is 5.54. The Morgan fingerprint density at radius 2 is 1.89 bits per heavy atom. The molecule has 5 heteroatoms. The number of anilines is 1. The SMILES string of the molecule is C[C@@H](CCCO)N1CCN(c2ncccn2)CC1. The van der Waals surface area contributed by atoms with Crippen LogP contribution in [0, 0.1) is 0 Å². The standard InChI is InChI=1S/C13H22N4O/c1-12(4-2-11-18)16-7-9-17(10-8-16)13-14-5-3-6-15-13/h3,5-6,12,18H,2,4,7-11H2,1H3/t12-/m0/s1. The maximum Gasteiger partial charge on any atom is 0.225 e. The number of aliphatic hydroxyl groups excluding tert-OH is 1. The molecule has 100 valence electrons. The van der Waals surface area contributed by atoms with Crippen molar-refractivity contribution < 1.29 is 5.11 Å². The summed E-state index contributed by atoms with van der Waals surface area (Å²) < 4.78 is 0. The van der Waals surface area contributed by atoms with E-state index in [1.54, 1.807) is 12.4 Å². The third-order valence-electron chi connectivity index (χ3n) is 3.55. The van der Waals surface area contributed by atoms with Crippen molar-refractivity contribution in [2.45, 2.75) is 25.8 Å². The van der Waals surface area contributed by atoms with E-state index in [2.05, 4.69) is 26.7 Å². The number of nitrogens with zero attached hydrogens (tertiary/aromatic N) is 4. The zero-order valence-electron chi connectivity index (χ0n) is 11.0. The number of aliphatic hydroxyl groups is 1. The Bertz CT molecular complexity index is 338. The van der Waals surface area contributed by atoms with Gasteiger partial charge in [0, 0.05) is 51.2 Å². The van der Waals surface area contributed by atoms with Crippen LogP contribution in [-0.4, -0.2) is 58.8 Å². The molecular weight excluding hydrogens is 228 g/mol. The predicted octanol–water partition coefficient (Wildman–Crippen LogP) is 0.760. The Morgan fingerprint density at radius 3 is 2.50 bits per heavy atom. The quantitative estimate of drug-likeness (QED) is 0.836. The van der Waals surface area contributed by atoms with Gasteiger partial charge in [-0.25, -0.2) is 9.97 Å². The maximum absolute atomic E-state index is 8.86. The average molecular weight is 250 g/mol. The lowest BCUT2D eigenvalue weighted by Crippen LogP contribution is -2.50. The number of hydrogen-bond donors (Lipinski definition) is 1. The summed E-state index contributed by atoms with van der Waals surface area (Å²) in [6.45, 7) is 6.59. The van der Waals surface area contributed by atoms with E-state index in [0.717, 1.165) is 45.0 Å². The minimum atomic E-state index is 0.294. The van der Waals surface area contributed by atoms with Crippen LogP contribution in [0.2, 0.25) is 0 Å². The van der Waals surface area contributed by atoms with Gasteiger partial charge in [0.2, 0.25) is 5.95 Å². The van der Waals surface area contributed by atoms with E-state index >= 15 is 0 Å². The Hall–Kier alpha value is -1.20. The molecular formula is C13H22N4O. The fourth-order valence-electron chi connectivity index (χ4n) is 2.39. The fraction of sp³-hybridized carbons (Fsp3) is 0.692. The first-order chi connectivity index (χ1) is 8.81. The molecule has 0 aromatic carbocycles. The smallest absolute Gasteiger partial charge is 0.225 e. The van der Waals surface area contributed by atoms with Gasteiger partial charge in [-0.2, -0.15) is 0 Å². The first-order valence-electron chi connectivity index (χ1n) is 6.68. The van der Waals surface area contributed by atoms with E-state index in [-0.39, 0.29) is 0 Å².